The van der Waals surface area contributed by atoms with Crippen molar-refractivity contribution in [3.63, 3.8) is 0 Å². The Kier molecular flexibility index (Phi) is 5.91. The fourth-order valence-electron chi connectivity index (χ4n) is 3.15. The van der Waals surface area contributed by atoms with Gasteiger partial charge in [0.25, 0.3) is 0 Å². The van der Waals surface area contributed by atoms with Crippen molar-refractivity contribution in [2.24, 2.45) is 5.92 Å². The van der Waals surface area contributed by atoms with Crippen molar-refractivity contribution in [2.45, 2.75) is 20.3 Å². The highest BCUT2D eigenvalue weighted by molar-refractivity contribution is 6.42. The summed E-state index contributed by atoms with van der Waals surface area (Å²) in [4.78, 5) is 38.3. The maximum atomic E-state index is 12.8. The minimum absolute atomic E-state index is 0.199. The SMILES string of the molecule is CC(=O)Nc1cccc(NC(=O)C2CCN(c3ccc(Cl)c(Cl)c3)C2=O)c1C. The van der Waals surface area contributed by atoms with E-state index in [-0.39, 0.29) is 17.7 Å². The van der Waals surface area contributed by atoms with Crippen molar-refractivity contribution in [1.29, 1.82) is 0 Å². The molecule has 2 aromatic rings. The first-order valence-electron chi connectivity index (χ1n) is 8.72. The molecule has 0 aromatic heterocycles. The molecule has 1 atom stereocenters. The summed E-state index contributed by atoms with van der Waals surface area (Å²) < 4.78 is 0. The average Bonchev–Trinajstić information content (AvgIpc) is 3.02. The summed E-state index contributed by atoms with van der Waals surface area (Å²) in [5.41, 5.74) is 2.49. The van der Waals surface area contributed by atoms with Crippen LogP contribution in [0.25, 0.3) is 0 Å². The van der Waals surface area contributed by atoms with E-state index < -0.39 is 5.92 Å². The molecular weight excluding hydrogens is 401 g/mol. The second-order valence-corrected chi connectivity index (χ2v) is 7.39. The highest BCUT2D eigenvalue weighted by Gasteiger charge is 2.38. The van der Waals surface area contributed by atoms with E-state index in [2.05, 4.69) is 10.6 Å². The normalized spacial score (nSPS) is 16.2. The molecule has 8 heteroatoms. The van der Waals surface area contributed by atoms with Crippen LogP contribution >= 0.6 is 23.2 Å². The van der Waals surface area contributed by atoms with Crippen LogP contribution in [-0.2, 0) is 14.4 Å². The van der Waals surface area contributed by atoms with Gasteiger partial charge in [-0.25, -0.2) is 0 Å². The topological polar surface area (TPSA) is 78.5 Å². The van der Waals surface area contributed by atoms with Crippen LogP contribution in [0.1, 0.15) is 18.9 Å². The summed E-state index contributed by atoms with van der Waals surface area (Å²) in [6.45, 7) is 3.62. The number of halogens is 2. The van der Waals surface area contributed by atoms with E-state index in [4.69, 9.17) is 23.2 Å². The zero-order valence-electron chi connectivity index (χ0n) is 15.4. The number of carbonyl (C=O) groups is 3. The van der Waals surface area contributed by atoms with Crippen molar-refractivity contribution in [3.05, 3.63) is 52.0 Å². The summed E-state index contributed by atoms with van der Waals surface area (Å²) in [6.07, 6.45) is 0.398. The molecule has 28 heavy (non-hydrogen) atoms. The van der Waals surface area contributed by atoms with Gasteiger partial charge in [0.15, 0.2) is 0 Å². The van der Waals surface area contributed by atoms with E-state index in [9.17, 15) is 14.4 Å². The van der Waals surface area contributed by atoms with Gasteiger partial charge in [0.2, 0.25) is 17.7 Å². The zero-order valence-corrected chi connectivity index (χ0v) is 16.9. The summed E-state index contributed by atoms with van der Waals surface area (Å²) >= 11 is 12.0. The van der Waals surface area contributed by atoms with Crippen molar-refractivity contribution in [1.82, 2.24) is 0 Å². The number of hydrogen-bond donors (Lipinski definition) is 2. The van der Waals surface area contributed by atoms with Gasteiger partial charge in [0, 0.05) is 30.5 Å². The number of rotatable bonds is 4. The van der Waals surface area contributed by atoms with E-state index in [1.165, 1.54) is 11.8 Å². The maximum Gasteiger partial charge on any atom is 0.239 e. The second kappa shape index (κ2) is 8.20. The Hall–Kier alpha value is -2.57. The van der Waals surface area contributed by atoms with Gasteiger partial charge in [-0.15, -0.1) is 0 Å². The molecule has 1 saturated heterocycles. The van der Waals surface area contributed by atoms with Crippen LogP contribution in [0, 0.1) is 12.8 Å². The molecule has 0 bridgehead atoms. The minimum atomic E-state index is -0.793. The molecule has 1 fully saturated rings. The molecule has 3 rings (SSSR count). The Morgan fingerprint density at radius 2 is 1.75 bits per heavy atom. The van der Waals surface area contributed by atoms with Crippen LogP contribution in [0.3, 0.4) is 0 Å². The maximum absolute atomic E-state index is 12.8. The molecule has 146 valence electrons. The standard InChI is InChI=1S/C20H19Cl2N3O3/c1-11-17(23-12(2)26)4-3-5-18(11)24-19(27)14-8-9-25(20(14)28)13-6-7-15(21)16(22)10-13/h3-7,10,14H,8-9H2,1-2H3,(H,23,26)(H,24,27). The predicted octanol–water partition coefficient (Wildman–Crippen LogP) is 4.25. The second-order valence-electron chi connectivity index (χ2n) is 6.58. The molecule has 1 aliphatic heterocycles. The first kappa shape index (κ1) is 20.2. The molecule has 1 unspecified atom stereocenters. The third-order valence-electron chi connectivity index (χ3n) is 4.64. The number of nitrogens with one attached hydrogen (secondary N) is 2. The number of hydrogen-bond acceptors (Lipinski definition) is 3. The predicted molar refractivity (Wildman–Crippen MR) is 111 cm³/mol. The largest absolute Gasteiger partial charge is 0.326 e. The summed E-state index contributed by atoms with van der Waals surface area (Å²) in [5, 5.41) is 6.27. The third-order valence-corrected chi connectivity index (χ3v) is 5.38. The first-order valence-corrected chi connectivity index (χ1v) is 9.48. The lowest BCUT2D eigenvalue weighted by Gasteiger charge is -2.18. The Balaban J connectivity index is 1.74. The number of carbonyl (C=O) groups excluding carboxylic acids is 3. The molecule has 0 spiro atoms. The lowest BCUT2D eigenvalue weighted by molar-refractivity contribution is -0.129. The Morgan fingerprint density at radius 1 is 1.07 bits per heavy atom. The molecule has 0 aliphatic carbocycles. The summed E-state index contributed by atoms with van der Waals surface area (Å²) in [7, 11) is 0. The molecule has 1 aliphatic rings. The van der Waals surface area contributed by atoms with Crippen molar-refractivity contribution in [3.8, 4) is 0 Å². The van der Waals surface area contributed by atoms with Crippen molar-refractivity contribution in [2.75, 3.05) is 22.1 Å². The fourth-order valence-corrected chi connectivity index (χ4v) is 3.44. The van der Waals surface area contributed by atoms with E-state index in [0.29, 0.717) is 40.1 Å². The van der Waals surface area contributed by atoms with Crippen LogP contribution < -0.4 is 15.5 Å². The Morgan fingerprint density at radius 3 is 2.39 bits per heavy atom. The van der Waals surface area contributed by atoms with Gasteiger partial charge in [-0.3, -0.25) is 14.4 Å². The van der Waals surface area contributed by atoms with Gasteiger partial charge in [0.1, 0.15) is 5.92 Å². The van der Waals surface area contributed by atoms with E-state index in [1.807, 2.05) is 0 Å². The highest BCUT2D eigenvalue weighted by Crippen LogP contribution is 2.32. The molecule has 2 N–H and O–H groups in total. The smallest absolute Gasteiger partial charge is 0.239 e. The van der Waals surface area contributed by atoms with Gasteiger partial charge in [0.05, 0.1) is 10.0 Å². The van der Waals surface area contributed by atoms with E-state index in [1.54, 1.807) is 43.3 Å². The molecule has 3 amide bonds. The molecule has 2 aromatic carbocycles. The Labute approximate surface area is 172 Å². The minimum Gasteiger partial charge on any atom is -0.326 e. The number of nitrogens with zero attached hydrogens (tertiary/aromatic N) is 1. The van der Waals surface area contributed by atoms with Crippen molar-refractivity contribution >= 4 is 58.0 Å². The lowest BCUT2D eigenvalue weighted by atomic mass is 10.1. The molecule has 0 saturated carbocycles. The number of amides is 3. The third kappa shape index (κ3) is 4.13. The zero-order chi connectivity index (χ0) is 20.4. The van der Waals surface area contributed by atoms with E-state index >= 15 is 0 Å². The van der Waals surface area contributed by atoms with Gasteiger partial charge in [-0.05, 0) is 49.2 Å². The van der Waals surface area contributed by atoms with Crippen LogP contribution in [0.2, 0.25) is 10.0 Å². The first-order chi connectivity index (χ1) is 13.3. The lowest BCUT2D eigenvalue weighted by Crippen LogP contribution is -2.33. The molecule has 1 heterocycles. The quantitative estimate of drug-likeness (QED) is 0.726. The van der Waals surface area contributed by atoms with Crippen molar-refractivity contribution < 1.29 is 14.4 Å². The van der Waals surface area contributed by atoms with Crippen LogP contribution in [-0.4, -0.2) is 24.3 Å². The summed E-state index contributed by atoms with van der Waals surface area (Å²) in [5.74, 6) is -1.66. The van der Waals surface area contributed by atoms with E-state index in [0.717, 1.165) is 5.56 Å². The highest BCUT2D eigenvalue weighted by atomic mass is 35.5. The van der Waals surface area contributed by atoms with Gasteiger partial charge < -0.3 is 15.5 Å². The average molecular weight is 420 g/mol. The van der Waals surface area contributed by atoms with Crippen LogP contribution in [0.4, 0.5) is 17.1 Å². The fraction of sp³-hybridized carbons (Fsp3) is 0.250. The van der Waals surface area contributed by atoms with Crippen LogP contribution in [0.15, 0.2) is 36.4 Å². The van der Waals surface area contributed by atoms with Gasteiger partial charge in [-0.2, -0.15) is 0 Å². The number of anilines is 3. The molecular formula is C20H19Cl2N3O3. The van der Waals surface area contributed by atoms with Gasteiger partial charge in [-0.1, -0.05) is 29.3 Å². The van der Waals surface area contributed by atoms with Crippen LogP contribution in [0.5, 0.6) is 0 Å². The monoisotopic (exact) mass is 419 g/mol. The molecule has 0 radical (unpaired) electrons. The summed E-state index contributed by atoms with van der Waals surface area (Å²) in [6, 6.07) is 10.1. The molecule has 6 nitrogen and oxygen atoms in total. The van der Waals surface area contributed by atoms with Gasteiger partial charge >= 0.3 is 0 Å². The number of benzene rings is 2. The Bertz CT molecular complexity index is 962.